The molecule has 1 aliphatic heterocycles. The van der Waals surface area contributed by atoms with Crippen LogP contribution in [-0.2, 0) is 4.74 Å². The van der Waals surface area contributed by atoms with Crippen molar-refractivity contribution in [2.45, 2.75) is 25.8 Å². The van der Waals surface area contributed by atoms with Gasteiger partial charge in [0, 0.05) is 25.5 Å². The number of carbonyl (C=O) groups excluding carboxylic acids is 1. The third kappa shape index (κ3) is 2.26. The highest BCUT2D eigenvalue weighted by atomic mass is 16.5. The number of ether oxygens (including phenoxy) is 1. The highest BCUT2D eigenvalue weighted by Crippen LogP contribution is 2.27. The van der Waals surface area contributed by atoms with Gasteiger partial charge in [-0.25, -0.2) is 4.98 Å². The van der Waals surface area contributed by atoms with Crippen LogP contribution in [0.5, 0.6) is 0 Å². The molecular weight excluding hydrogens is 192 g/mol. The highest BCUT2D eigenvalue weighted by molar-refractivity contribution is 5.70. The van der Waals surface area contributed by atoms with Gasteiger partial charge in [0.05, 0.1) is 6.33 Å². The fourth-order valence-electron chi connectivity index (χ4n) is 2.08. The number of aromatic nitrogens is 2. The number of hydrogen-bond acceptors (Lipinski definition) is 3. The van der Waals surface area contributed by atoms with Gasteiger partial charge in [-0.05, 0) is 25.7 Å². The lowest BCUT2D eigenvalue weighted by molar-refractivity contribution is 0.0513. The quantitative estimate of drug-likeness (QED) is 0.710. The monoisotopic (exact) mass is 208 g/mol. The molecule has 1 fully saturated rings. The van der Waals surface area contributed by atoms with E-state index < -0.39 is 0 Å². The first kappa shape index (κ1) is 10.4. The summed E-state index contributed by atoms with van der Waals surface area (Å²) < 4.78 is 7.36. The van der Waals surface area contributed by atoms with Crippen LogP contribution in [0.1, 0.15) is 36.3 Å². The molecule has 1 saturated heterocycles. The van der Waals surface area contributed by atoms with E-state index in [1.165, 1.54) is 0 Å². The summed E-state index contributed by atoms with van der Waals surface area (Å²) in [6.07, 6.45) is 6.52. The van der Waals surface area contributed by atoms with Crippen molar-refractivity contribution in [2.75, 3.05) is 13.2 Å². The Hall–Kier alpha value is -1.16. The van der Waals surface area contributed by atoms with Crippen molar-refractivity contribution in [3.63, 3.8) is 0 Å². The van der Waals surface area contributed by atoms with Gasteiger partial charge in [-0.15, -0.1) is 0 Å². The van der Waals surface area contributed by atoms with E-state index in [1.807, 2.05) is 10.8 Å². The molecule has 1 aliphatic rings. The summed E-state index contributed by atoms with van der Waals surface area (Å²) >= 11 is 0. The molecular formula is C11H16N2O2. The van der Waals surface area contributed by atoms with Gasteiger partial charge in [0.2, 0.25) is 0 Å². The number of carbonyl (C=O) groups is 1. The normalized spacial score (nSPS) is 20.1. The van der Waals surface area contributed by atoms with Crippen molar-refractivity contribution in [1.82, 2.24) is 9.55 Å². The molecule has 15 heavy (non-hydrogen) atoms. The van der Waals surface area contributed by atoms with E-state index >= 15 is 0 Å². The highest BCUT2D eigenvalue weighted by Gasteiger charge is 2.21. The number of hydrogen-bond donors (Lipinski definition) is 0. The minimum Gasteiger partial charge on any atom is -0.381 e. The lowest BCUT2D eigenvalue weighted by Crippen LogP contribution is -2.23. The van der Waals surface area contributed by atoms with Gasteiger partial charge in [0.25, 0.3) is 0 Å². The van der Waals surface area contributed by atoms with Gasteiger partial charge in [0.15, 0.2) is 6.29 Å². The molecule has 0 spiro atoms. The van der Waals surface area contributed by atoms with Crippen LogP contribution in [0.15, 0.2) is 12.5 Å². The zero-order valence-electron chi connectivity index (χ0n) is 8.93. The first-order valence-electron chi connectivity index (χ1n) is 5.37. The third-order valence-electron chi connectivity index (χ3n) is 3.16. The second-order valence-corrected chi connectivity index (χ2v) is 4.05. The van der Waals surface area contributed by atoms with Crippen LogP contribution in [0.4, 0.5) is 0 Å². The summed E-state index contributed by atoms with van der Waals surface area (Å²) in [7, 11) is 0. The van der Waals surface area contributed by atoms with Crippen LogP contribution >= 0.6 is 0 Å². The Morgan fingerprint density at radius 3 is 2.93 bits per heavy atom. The largest absolute Gasteiger partial charge is 0.381 e. The summed E-state index contributed by atoms with van der Waals surface area (Å²) in [5.41, 5.74) is 0.508. The second kappa shape index (κ2) is 4.57. The SMILES string of the molecule is C[C@@H](C1CCOCC1)n1cnc(C=O)c1. The molecule has 0 saturated carbocycles. The Morgan fingerprint density at radius 2 is 2.33 bits per heavy atom. The van der Waals surface area contributed by atoms with Crippen LogP contribution in [0.2, 0.25) is 0 Å². The smallest absolute Gasteiger partial charge is 0.169 e. The van der Waals surface area contributed by atoms with E-state index in [0.717, 1.165) is 32.3 Å². The van der Waals surface area contributed by atoms with Gasteiger partial charge in [0.1, 0.15) is 5.69 Å². The van der Waals surface area contributed by atoms with E-state index in [9.17, 15) is 4.79 Å². The van der Waals surface area contributed by atoms with Crippen LogP contribution in [0.25, 0.3) is 0 Å². The van der Waals surface area contributed by atoms with Gasteiger partial charge in [-0.3, -0.25) is 4.79 Å². The molecule has 0 aliphatic carbocycles. The maximum Gasteiger partial charge on any atom is 0.169 e. The molecule has 0 unspecified atom stereocenters. The number of imidazole rings is 1. The lowest BCUT2D eigenvalue weighted by atomic mass is 9.93. The van der Waals surface area contributed by atoms with E-state index in [-0.39, 0.29) is 0 Å². The molecule has 1 aromatic heterocycles. The van der Waals surface area contributed by atoms with E-state index in [1.54, 1.807) is 6.33 Å². The number of nitrogens with zero attached hydrogens (tertiary/aromatic N) is 2. The molecule has 0 radical (unpaired) electrons. The van der Waals surface area contributed by atoms with Crippen molar-refractivity contribution >= 4 is 6.29 Å². The van der Waals surface area contributed by atoms with Crippen molar-refractivity contribution in [3.05, 3.63) is 18.2 Å². The summed E-state index contributed by atoms with van der Waals surface area (Å²) in [4.78, 5) is 14.5. The van der Waals surface area contributed by atoms with Gasteiger partial charge >= 0.3 is 0 Å². The zero-order valence-corrected chi connectivity index (χ0v) is 8.93. The molecule has 0 N–H and O–H groups in total. The third-order valence-corrected chi connectivity index (χ3v) is 3.16. The maximum absolute atomic E-state index is 10.5. The molecule has 0 aromatic carbocycles. The number of aldehydes is 1. The molecule has 4 nitrogen and oxygen atoms in total. The average molecular weight is 208 g/mol. The predicted octanol–water partition coefficient (Wildman–Crippen LogP) is 1.68. The van der Waals surface area contributed by atoms with Crippen molar-refractivity contribution < 1.29 is 9.53 Å². The molecule has 0 bridgehead atoms. The van der Waals surface area contributed by atoms with E-state index in [0.29, 0.717) is 17.7 Å². The Bertz CT molecular complexity index is 329. The summed E-state index contributed by atoms with van der Waals surface area (Å²) in [6, 6.07) is 0.398. The Kier molecular flexibility index (Phi) is 3.16. The fraction of sp³-hybridized carbons (Fsp3) is 0.636. The Labute approximate surface area is 89.3 Å². The van der Waals surface area contributed by atoms with Crippen LogP contribution in [0, 0.1) is 5.92 Å². The van der Waals surface area contributed by atoms with Crippen LogP contribution in [0.3, 0.4) is 0 Å². The fourth-order valence-corrected chi connectivity index (χ4v) is 2.08. The lowest BCUT2D eigenvalue weighted by Gasteiger charge is -2.28. The van der Waals surface area contributed by atoms with E-state index in [2.05, 4.69) is 11.9 Å². The minimum absolute atomic E-state index is 0.398. The first-order valence-corrected chi connectivity index (χ1v) is 5.37. The Morgan fingerprint density at radius 1 is 1.60 bits per heavy atom. The zero-order chi connectivity index (χ0) is 10.7. The summed E-state index contributed by atoms with van der Waals surface area (Å²) in [6.45, 7) is 3.88. The molecule has 4 heteroatoms. The molecule has 1 atom stereocenters. The predicted molar refractivity (Wildman–Crippen MR) is 55.9 cm³/mol. The van der Waals surface area contributed by atoms with Crippen molar-refractivity contribution in [3.8, 4) is 0 Å². The Balaban J connectivity index is 2.05. The second-order valence-electron chi connectivity index (χ2n) is 4.05. The van der Waals surface area contributed by atoms with Crippen molar-refractivity contribution in [1.29, 1.82) is 0 Å². The standard InChI is InChI=1S/C11H16N2O2/c1-9(10-2-4-15-5-3-10)13-6-11(7-14)12-8-13/h6-10H,2-5H2,1H3/t9-/m0/s1. The topological polar surface area (TPSA) is 44.1 Å². The van der Waals surface area contributed by atoms with Gasteiger partial charge in [-0.2, -0.15) is 0 Å². The molecule has 1 aromatic rings. The summed E-state index contributed by atoms with van der Waals surface area (Å²) in [5.74, 6) is 0.632. The summed E-state index contributed by atoms with van der Waals surface area (Å²) in [5, 5.41) is 0. The van der Waals surface area contributed by atoms with Gasteiger partial charge in [-0.1, -0.05) is 0 Å². The van der Waals surface area contributed by atoms with Gasteiger partial charge < -0.3 is 9.30 Å². The van der Waals surface area contributed by atoms with Crippen molar-refractivity contribution in [2.24, 2.45) is 5.92 Å². The minimum atomic E-state index is 0.398. The molecule has 2 rings (SSSR count). The number of rotatable bonds is 3. The molecule has 2 heterocycles. The average Bonchev–Trinajstić information content (AvgIpc) is 2.78. The van der Waals surface area contributed by atoms with Crippen LogP contribution < -0.4 is 0 Å². The first-order chi connectivity index (χ1) is 7.31. The molecule has 82 valence electrons. The molecule has 0 amide bonds. The van der Waals surface area contributed by atoms with Crippen LogP contribution in [-0.4, -0.2) is 29.1 Å². The maximum atomic E-state index is 10.5. The van der Waals surface area contributed by atoms with E-state index in [4.69, 9.17) is 4.74 Å².